The lowest BCUT2D eigenvalue weighted by atomic mass is 9.96. The van der Waals surface area contributed by atoms with E-state index in [0.29, 0.717) is 42.9 Å². The smallest absolute Gasteiger partial charge is 0.254 e. The van der Waals surface area contributed by atoms with E-state index in [9.17, 15) is 19.1 Å². The molecule has 4 rings (SSSR count). The molecule has 2 heterocycles. The van der Waals surface area contributed by atoms with Gasteiger partial charge in [-0.2, -0.15) is 0 Å². The van der Waals surface area contributed by atoms with Gasteiger partial charge in [0.25, 0.3) is 11.8 Å². The van der Waals surface area contributed by atoms with Crippen LogP contribution in [0.2, 0.25) is 0 Å². The van der Waals surface area contributed by atoms with E-state index in [0.717, 1.165) is 0 Å². The number of carbonyl (C=O) groups is 2. The third-order valence-corrected chi connectivity index (χ3v) is 5.62. The van der Waals surface area contributed by atoms with Crippen LogP contribution >= 0.6 is 0 Å². The minimum Gasteiger partial charge on any atom is -0.454 e. The number of amides is 2. The first kappa shape index (κ1) is 22.0. The molecule has 0 aromatic heterocycles. The van der Waals surface area contributed by atoms with Crippen LogP contribution in [0.15, 0.2) is 42.5 Å². The zero-order valence-corrected chi connectivity index (χ0v) is 17.4. The summed E-state index contributed by atoms with van der Waals surface area (Å²) in [5.41, 5.74) is 0.431. The van der Waals surface area contributed by atoms with Crippen LogP contribution in [0, 0.1) is 5.82 Å². The third-order valence-electron chi connectivity index (χ3n) is 5.62. The van der Waals surface area contributed by atoms with Gasteiger partial charge in [0.1, 0.15) is 11.9 Å². The first-order valence-corrected chi connectivity index (χ1v) is 10.5. The molecule has 32 heavy (non-hydrogen) atoms. The number of hydrogen-bond donors (Lipinski definition) is 3. The molecule has 0 saturated carbocycles. The van der Waals surface area contributed by atoms with Crippen molar-refractivity contribution in [3.8, 4) is 11.5 Å². The van der Waals surface area contributed by atoms with E-state index in [1.807, 2.05) is 0 Å². The second-order valence-corrected chi connectivity index (χ2v) is 7.73. The lowest BCUT2D eigenvalue weighted by Crippen LogP contribution is -2.51. The quantitative estimate of drug-likeness (QED) is 0.603. The van der Waals surface area contributed by atoms with Crippen LogP contribution in [0.5, 0.6) is 11.5 Å². The normalized spacial score (nSPS) is 21.8. The number of aliphatic hydroxyl groups excluding tert-OH is 1. The number of hydrogen-bond acceptors (Lipinski definition) is 6. The van der Waals surface area contributed by atoms with Crippen molar-refractivity contribution in [3.05, 3.63) is 59.4 Å². The molecule has 9 heteroatoms. The van der Waals surface area contributed by atoms with Crippen LogP contribution in [0.4, 0.5) is 4.39 Å². The van der Waals surface area contributed by atoms with Crippen molar-refractivity contribution in [2.24, 2.45) is 0 Å². The van der Waals surface area contributed by atoms with E-state index in [1.165, 1.54) is 18.2 Å². The molecule has 3 N–H and O–H groups in total. The molecule has 2 aliphatic rings. The highest BCUT2D eigenvalue weighted by atomic mass is 19.1. The highest BCUT2D eigenvalue weighted by Gasteiger charge is 2.32. The van der Waals surface area contributed by atoms with Crippen molar-refractivity contribution in [2.75, 3.05) is 19.9 Å². The molecule has 0 unspecified atom stereocenters. The minimum absolute atomic E-state index is 0.00316. The highest BCUT2D eigenvalue weighted by molar-refractivity contribution is 5.95. The van der Waals surface area contributed by atoms with Gasteiger partial charge in [-0.15, -0.1) is 0 Å². The fourth-order valence-corrected chi connectivity index (χ4v) is 3.89. The summed E-state index contributed by atoms with van der Waals surface area (Å²) in [6.45, 7) is 0.194. The minimum atomic E-state index is -0.569. The number of rotatable bonds is 7. The van der Waals surface area contributed by atoms with Gasteiger partial charge in [0.05, 0.1) is 24.3 Å². The predicted octanol–water partition coefficient (Wildman–Crippen LogP) is 2.01. The first-order chi connectivity index (χ1) is 15.5. The highest BCUT2D eigenvalue weighted by Crippen LogP contribution is 2.32. The molecule has 2 aromatic carbocycles. The van der Waals surface area contributed by atoms with Gasteiger partial charge in [0.15, 0.2) is 11.5 Å². The molecular weight excluding hydrogens is 419 g/mol. The Kier molecular flexibility index (Phi) is 6.87. The van der Waals surface area contributed by atoms with Gasteiger partial charge in [0, 0.05) is 12.1 Å². The summed E-state index contributed by atoms with van der Waals surface area (Å²) >= 11 is 0. The van der Waals surface area contributed by atoms with Crippen LogP contribution in [0.3, 0.4) is 0 Å². The summed E-state index contributed by atoms with van der Waals surface area (Å²) < 4.78 is 30.2. The van der Waals surface area contributed by atoms with Crippen molar-refractivity contribution in [1.82, 2.24) is 10.6 Å². The number of nitrogens with one attached hydrogen (secondary N) is 2. The molecule has 170 valence electrons. The molecule has 8 nitrogen and oxygen atoms in total. The van der Waals surface area contributed by atoms with Crippen molar-refractivity contribution >= 4 is 11.8 Å². The standard InChI is InChI=1S/C23H25FN2O6/c24-17-4-2-1-3-16(17)23(29)25-10-9-15-6-7-18(21(12-27)32-15)26-22(28)14-5-8-19-20(11-14)31-13-30-19/h1-5,8,11,15,18,21,27H,6-7,9-10,12-13H2,(H,25,29)(H,26,28)/t15-,18+,21-/m0/s1. The molecule has 2 amide bonds. The summed E-state index contributed by atoms with van der Waals surface area (Å²) in [5.74, 6) is -0.216. The average Bonchev–Trinajstić information content (AvgIpc) is 3.28. The van der Waals surface area contributed by atoms with Crippen LogP contribution in [0.25, 0.3) is 0 Å². The monoisotopic (exact) mass is 444 g/mol. The zero-order valence-electron chi connectivity index (χ0n) is 17.4. The number of aliphatic hydroxyl groups is 1. The lowest BCUT2D eigenvalue weighted by Gasteiger charge is -2.36. The summed E-state index contributed by atoms with van der Waals surface area (Å²) in [6.07, 6.45) is 1.03. The third kappa shape index (κ3) is 5.00. The summed E-state index contributed by atoms with van der Waals surface area (Å²) in [4.78, 5) is 24.8. The number of benzene rings is 2. The molecule has 1 fully saturated rings. The topological polar surface area (TPSA) is 106 Å². The van der Waals surface area contributed by atoms with E-state index in [2.05, 4.69) is 10.6 Å². The molecule has 3 atom stereocenters. The van der Waals surface area contributed by atoms with Crippen LogP contribution in [0.1, 0.15) is 40.0 Å². The Labute approximate surface area is 184 Å². The average molecular weight is 444 g/mol. The Morgan fingerprint density at radius 1 is 1.06 bits per heavy atom. The molecule has 0 aliphatic carbocycles. The lowest BCUT2D eigenvalue weighted by molar-refractivity contribution is -0.0893. The largest absolute Gasteiger partial charge is 0.454 e. The molecule has 0 spiro atoms. The molecule has 2 aromatic rings. The Bertz CT molecular complexity index is 985. The summed E-state index contributed by atoms with van der Waals surface area (Å²) in [5, 5.41) is 15.4. The van der Waals surface area contributed by atoms with Crippen LogP contribution < -0.4 is 20.1 Å². The van der Waals surface area contributed by atoms with Gasteiger partial charge < -0.3 is 30.0 Å². The summed E-state index contributed by atoms with van der Waals surface area (Å²) in [6, 6.07) is 10.4. The van der Waals surface area contributed by atoms with Crippen molar-refractivity contribution in [2.45, 2.75) is 37.5 Å². The first-order valence-electron chi connectivity index (χ1n) is 10.5. The maximum Gasteiger partial charge on any atom is 0.254 e. The zero-order chi connectivity index (χ0) is 22.5. The Hall–Kier alpha value is -3.17. The van der Waals surface area contributed by atoms with Gasteiger partial charge in [0.2, 0.25) is 6.79 Å². The van der Waals surface area contributed by atoms with Gasteiger partial charge in [-0.1, -0.05) is 12.1 Å². The SMILES string of the molecule is O=C(N[C@@H]1CC[C@@H](CCNC(=O)c2ccccc2F)O[C@H]1CO)c1ccc2c(c1)OCO2. The van der Waals surface area contributed by atoms with E-state index in [4.69, 9.17) is 14.2 Å². The second kappa shape index (κ2) is 9.97. The van der Waals surface area contributed by atoms with Crippen molar-refractivity contribution in [3.63, 3.8) is 0 Å². The number of ether oxygens (including phenoxy) is 3. The van der Waals surface area contributed by atoms with Gasteiger partial charge in [-0.3, -0.25) is 9.59 Å². The van der Waals surface area contributed by atoms with E-state index in [-0.39, 0.29) is 37.0 Å². The van der Waals surface area contributed by atoms with Gasteiger partial charge in [-0.05, 0) is 49.6 Å². The fraction of sp³-hybridized carbons (Fsp3) is 0.391. The Morgan fingerprint density at radius 3 is 2.69 bits per heavy atom. The summed E-state index contributed by atoms with van der Waals surface area (Å²) in [7, 11) is 0. The van der Waals surface area contributed by atoms with Gasteiger partial charge >= 0.3 is 0 Å². The predicted molar refractivity (Wildman–Crippen MR) is 112 cm³/mol. The fourth-order valence-electron chi connectivity index (χ4n) is 3.89. The Balaban J connectivity index is 1.26. The van der Waals surface area contributed by atoms with E-state index in [1.54, 1.807) is 24.3 Å². The van der Waals surface area contributed by atoms with Crippen LogP contribution in [-0.4, -0.2) is 55.1 Å². The number of carbonyl (C=O) groups excluding carboxylic acids is 2. The molecule has 0 bridgehead atoms. The second-order valence-electron chi connectivity index (χ2n) is 7.73. The van der Waals surface area contributed by atoms with Crippen LogP contribution in [-0.2, 0) is 4.74 Å². The molecule has 0 radical (unpaired) electrons. The number of halogens is 1. The van der Waals surface area contributed by atoms with E-state index >= 15 is 0 Å². The molecular formula is C23H25FN2O6. The van der Waals surface area contributed by atoms with Crippen molar-refractivity contribution in [1.29, 1.82) is 0 Å². The van der Waals surface area contributed by atoms with E-state index < -0.39 is 17.8 Å². The molecule has 2 aliphatic heterocycles. The Morgan fingerprint density at radius 2 is 1.88 bits per heavy atom. The molecule has 1 saturated heterocycles. The van der Waals surface area contributed by atoms with Crippen molar-refractivity contribution < 1.29 is 33.3 Å². The van der Waals surface area contributed by atoms with Gasteiger partial charge in [-0.25, -0.2) is 4.39 Å². The maximum absolute atomic E-state index is 13.7. The number of fused-ring (bicyclic) bond motifs is 1. The maximum atomic E-state index is 13.7.